The first kappa shape index (κ1) is 22.0. The van der Waals surface area contributed by atoms with Crippen molar-refractivity contribution in [2.45, 2.75) is 25.4 Å². The lowest BCUT2D eigenvalue weighted by Crippen LogP contribution is -2.45. The lowest BCUT2D eigenvalue weighted by molar-refractivity contribution is 0.0930. The molecule has 2 heterocycles. The molecule has 1 fully saturated rings. The van der Waals surface area contributed by atoms with Crippen LogP contribution in [-0.4, -0.2) is 35.0 Å². The van der Waals surface area contributed by atoms with E-state index in [1.807, 2.05) is 12.1 Å². The van der Waals surface area contributed by atoms with E-state index in [4.69, 9.17) is 11.6 Å². The largest absolute Gasteiger partial charge is 0.365 e. The third-order valence-electron chi connectivity index (χ3n) is 5.11. The smallest absolute Gasteiger partial charge is 0.251 e. The van der Waals surface area contributed by atoms with Gasteiger partial charge in [0, 0.05) is 30.4 Å². The van der Waals surface area contributed by atoms with Crippen molar-refractivity contribution < 1.29 is 9.18 Å². The van der Waals surface area contributed by atoms with Gasteiger partial charge in [0.15, 0.2) is 5.82 Å². The normalized spacial score (nSPS) is 15.8. The Hall–Kier alpha value is -3.23. The van der Waals surface area contributed by atoms with Crippen molar-refractivity contribution in [2.75, 3.05) is 23.7 Å². The summed E-state index contributed by atoms with van der Waals surface area (Å²) in [5.74, 6) is 0.332. The second kappa shape index (κ2) is 10.4. The topological polar surface area (TPSA) is 91.0 Å². The van der Waals surface area contributed by atoms with Gasteiger partial charge in [0.05, 0.1) is 6.20 Å². The Balaban J connectivity index is 1.41. The molecule has 4 N–H and O–H groups in total. The molecule has 1 atom stereocenters. The fraction of sp³-hybridized carbons (Fsp3) is 0.261. The van der Waals surface area contributed by atoms with Gasteiger partial charge in [0.1, 0.15) is 10.8 Å². The summed E-state index contributed by atoms with van der Waals surface area (Å²) < 4.78 is 13.4. The van der Waals surface area contributed by atoms with Crippen LogP contribution in [0.1, 0.15) is 28.8 Å². The predicted molar refractivity (Wildman–Crippen MR) is 124 cm³/mol. The number of benzene rings is 2. The van der Waals surface area contributed by atoms with E-state index in [-0.39, 0.29) is 17.8 Å². The standard InChI is InChI=1S/C23H24ClFN6O/c24-20-14-28-23(31-21(20)27-12-15-4-1-6-17(25)10-15)30-18-7-2-5-16(11-18)22(32)29-19-8-3-9-26-13-19/h1-2,4-7,10-11,14,19,26H,3,8-9,12-13H2,(H,29,32)(H2,27,28,30,31). The van der Waals surface area contributed by atoms with Crippen LogP contribution in [-0.2, 0) is 6.54 Å². The van der Waals surface area contributed by atoms with Crippen LogP contribution in [0.2, 0.25) is 5.02 Å². The summed E-state index contributed by atoms with van der Waals surface area (Å²) in [7, 11) is 0. The number of carbonyl (C=O) groups excluding carboxylic acids is 1. The van der Waals surface area contributed by atoms with Gasteiger partial charge < -0.3 is 21.3 Å². The number of nitrogens with zero attached hydrogens (tertiary/aromatic N) is 2. The minimum atomic E-state index is -0.302. The van der Waals surface area contributed by atoms with E-state index in [2.05, 4.69) is 31.2 Å². The molecule has 3 aromatic rings. The summed E-state index contributed by atoms with van der Waals surface area (Å²) in [5, 5.41) is 12.9. The molecule has 1 saturated heterocycles. The number of rotatable bonds is 7. The van der Waals surface area contributed by atoms with Crippen LogP contribution >= 0.6 is 11.6 Å². The van der Waals surface area contributed by atoms with Gasteiger partial charge in [-0.2, -0.15) is 4.98 Å². The van der Waals surface area contributed by atoms with Crippen LogP contribution < -0.4 is 21.3 Å². The molecule has 4 rings (SSSR count). The van der Waals surface area contributed by atoms with E-state index < -0.39 is 0 Å². The van der Waals surface area contributed by atoms with Gasteiger partial charge in [0.2, 0.25) is 5.95 Å². The predicted octanol–water partition coefficient (Wildman–Crippen LogP) is 4.11. The fourth-order valence-electron chi connectivity index (χ4n) is 3.50. The first-order valence-corrected chi connectivity index (χ1v) is 10.8. The van der Waals surface area contributed by atoms with Crippen LogP contribution in [0.5, 0.6) is 0 Å². The Kier molecular flexibility index (Phi) is 7.14. The van der Waals surface area contributed by atoms with Crippen molar-refractivity contribution in [3.8, 4) is 0 Å². The Bertz CT molecular complexity index is 1090. The number of carbonyl (C=O) groups is 1. The lowest BCUT2D eigenvalue weighted by atomic mass is 10.1. The highest BCUT2D eigenvalue weighted by molar-refractivity contribution is 6.32. The van der Waals surface area contributed by atoms with Crippen LogP contribution in [0.15, 0.2) is 54.7 Å². The van der Waals surface area contributed by atoms with Crippen molar-refractivity contribution in [3.05, 3.63) is 76.7 Å². The molecule has 7 nitrogen and oxygen atoms in total. The summed E-state index contributed by atoms with van der Waals surface area (Å²) in [4.78, 5) is 21.2. The Morgan fingerprint density at radius 1 is 1.22 bits per heavy atom. The van der Waals surface area contributed by atoms with Crippen LogP contribution in [0.3, 0.4) is 0 Å². The maximum absolute atomic E-state index is 13.4. The van der Waals surface area contributed by atoms with Gasteiger partial charge in [-0.25, -0.2) is 9.37 Å². The molecule has 0 saturated carbocycles. The Labute approximate surface area is 190 Å². The van der Waals surface area contributed by atoms with Gasteiger partial charge in [-0.1, -0.05) is 29.8 Å². The first-order valence-electron chi connectivity index (χ1n) is 10.5. The second-order valence-corrected chi connectivity index (χ2v) is 8.00. The second-order valence-electron chi connectivity index (χ2n) is 7.60. The van der Waals surface area contributed by atoms with Crippen molar-refractivity contribution >= 4 is 35.0 Å². The molecule has 1 amide bonds. The molecule has 2 aromatic carbocycles. The van der Waals surface area contributed by atoms with Crippen molar-refractivity contribution in [3.63, 3.8) is 0 Å². The van der Waals surface area contributed by atoms with Crippen LogP contribution in [0, 0.1) is 5.82 Å². The SMILES string of the molecule is O=C(NC1CCCNC1)c1cccc(Nc2ncc(Cl)c(NCc3cccc(F)c3)n2)c1. The monoisotopic (exact) mass is 454 g/mol. The molecule has 32 heavy (non-hydrogen) atoms. The highest BCUT2D eigenvalue weighted by Gasteiger charge is 2.16. The molecule has 1 aliphatic rings. The number of hydrogen-bond acceptors (Lipinski definition) is 6. The number of hydrogen-bond donors (Lipinski definition) is 4. The summed E-state index contributed by atoms with van der Waals surface area (Å²) in [6.45, 7) is 2.14. The van der Waals surface area contributed by atoms with E-state index >= 15 is 0 Å². The molecule has 1 unspecified atom stereocenters. The van der Waals surface area contributed by atoms with Crippen molar-refractivity contribution in [2.24, 2.45) is 0 Å². The van der Waals surface area contributed by atoms with Gasteiger partial charge >= 0.3 is 0 Å². The van der Waals surface area contributed by atoms with E-state index in [9.17, 15) is 9.18 Å². The molecule has 0 radical (unpaired) electrons. The quantitative estimate of drug-likeness (QED) is 0.429. The maximum Gasteiger partial charge on any atom is 0.251 e. The van der Waals surface area contributed by atoms with E-state index in [1.165, 1.54) is 18.3 Å². The molecular weight excluding hydrogens is 431 g/mol. The Morgan fingerprint density at radius 2 is 2.09 bits per heavy atom. The highest BCUT2D eigenvalue weighted by Crippen LogP contribution is 2.22. The van der Waals surface area contributed by atoms with Crippen LogP contribution in [0.4, 0.5) is 21.8 Å². The third-order valence-corrected chi connectivity index (χ3v) is 5.38. The summed E-state index contributed by atoms with van der Waals surface area (Å²) >= 11 is 6.21. The molecular formula is C23H24ClFN6O. The minimum absolute atomic E-state index is 0.114. The zero-order chi connectivity index (χ0) is 22.3. The van der Waals surface area contributed by atoms with E-state index in [0.717, 1.165) is 31.5 Å². The molecule has 0 spiro atoms. The van der Waals surface area contributed by atoms with Gasteiger partial charge in [-0.05, 0) is 55.3 Å². The number of aromatic nitrogens is 2. The summed E-state index contributed by atoms with van der Waals surface area (Å²) in [6, 6.07) is 13.6. The maximum atomic E-state index is 13.4. The summed E-state index contributed by atoms with van der Waals surface area (Å²) in [6.07, 6.45) is 3.51. The first-order chi connectivity index (χ1) is 15.6. The van der Waals surface area contributed by atoms with E-state index in [1.54, 1.807) is 24.3 Å². The van der Waals surface area contributed by atoms with Crippen molar-refractivity contribution in [1.29, 1.82) is 0 Å². The number of nitrogens with one attached hydrogen (secondary N) is 4. The zero-order valence-electron chi connectivity index (χ0n) is 17.4. The average Bonchev–Trinajstić information content (AvgIpc) is 2.80. The zero-order valence-corrected chi connectivity index (χ0v) is 18.1. The van der Waals surface area contributed by atoms with Gasteiger partial charge in [0.25, 0.3) is 5.91 Å². The van der Waals surface area contributed by atoms with Crippen molar-refractivity contribution in [1.82, 2.24) is 20.6 Å². The number of piperidine rings is 1. The number of anilines is 3. The lowest BCUT2D eigenvalue weighted by Gasteiger charge is -2.23. The van der Waals surface area contributed by atoms with Gasteiger partial charge in [-0.15, -0.1) is 0 Å². The minimum Gasteiger partial charge on any atom is -0.365 e. The molecule has 1 aliphatic heterocycles. The molecule has 9 heteroatoms. The van der Waals surface area contributed by atoms with Crippen LogP contribution in [0.25, 0.3) is 0 Å². The third kappa shape index (κ3) is 5.93. The molecule has 1 aromatic heterocycles. The average molecular weight is 455 g/mol. The van der Waals surface area contributed by atoms with Gasteiger partial charge in [-0.3, -0.25) is 4.79 Å². The highest BCUT2D eigenvalue weighted by atomic mass is 35.5. The molecule has 0 bridgehead atoms. The fourth-order valence-corrected chi connectivity index (χ4v) is 3.65. The van der Waals surface area contributed by atoms with E-state index in [0.29, 0.717) is 34.6 Å². The molecule has 166 valence electrons. The number of halogens is 2. The summed E-state index contributed by atoms with van der Waals surface area (Å²) in [5.41, 5.74) is 2.00. The molecule has 0 aliphatic carbocycles. The number of amides is 1. The Morgan fingerprint density at radius 3 is 2.91 bits per heavy atom.